The Balaban J connectivity index is 2.72. The number of benzene rings is 1. The number of rotatable bonds is 8. The molecule has 1 aromatic rings. The summed E-state index contributed by atoms with van der Waals surface area (Å²) in [7, 11) is 1.52. The summed E-state index contributed by atoms with van der Waals surface area (Å²) in [6.45, 7) is 4.74. The first-order valence-corrected chi connectivity index (χ1v) is 7.04. The molecule has 5 nitrogen and oxygen atoms in total. The van der Waals surface area contributed by atoms with Crippen molar-refractivity contribution in [3.63, 3.8) is 0 Å². The van der Waals surface area contributed by atoms with E-state index in [1.807, 2.05) is 19.9 Å². The van der Waals surface area contributed by atoms with Gasteiger partial charge in [-0.3, -0.25) is 4.79 Å². The van der Waals surface area contributed by atoms with Crippen molar-refractivity contribution in [3.8, 4) is 11.8 Å². The van der Waals surface area contributed by atoms with Crippen molar-refractivity contribution in [1.29, 1.82) is 5.26 Å². The van der Waals surface area contributed by atoms with Crippen LogP contribution in [0.5, 0.6) is 5.75 Å². The second-order valence-corrected chi connectivity index (χ2v) is 5.04. The Morgan fingerprint density at radius 1 is 1.43 bits per heavy atom. The number of carboxylic acid groups (broad SMARTS) is 1. The lowest BCUT2D eigenvalue weighted by molar-refractivity contribution is -0.149. The van der Waals surface area contributed by atoms with Gasteiger partial charge in [-0.2, -0.15) is 5.26 Å². The fraction of sp³-hybridized carbons (Fsp3) is 0.500. The lowest BCUT2D eigenvalue weighted by atomic mass is 9.82. The number of aliphatic carboxylic acids is 1. The molecule has 0 heterocycles. The first-order valence-electron chi connectivity index (χ1n) is 7.04. The molecule has 0 saturated carbocycles. The van der Waals surface area contributed by atoms with Crippen molar-refractivity contribution in [3.05, 3.63) is 29.3 Å². The molecule has 0 aliphatic carbocycles. The maximum absolute atomic E-state index is 11.4. The van der Waals surface area contributed by atoms with Crippen LogP contribution in [0.3, 0.4) is 0 Å². The van der Waals surface area contributed by atoms with Crippen LogP contribution in [0.1, 0.15) is 37.8 Å². The monoisotopic (exact) mass is 290 g/mol. The van der Waals surface area contributed by atoms with Crippen molar-refractivity contribution in [2.75, 3.05) is 13.7 Å². The first kappa shape index (κ1) is 17.0. The molecule has 1 rings (SSSR count). The predicted molar refractivity (Wildman–Crippen MR) is 80.1 cm³/mol. The highest BCUT2D eigenvalue weighted by Crippen LogP contribution is 2.26. The van der Waals surface area contributed by atoms with Gasteiger partial charge in [0.1, 0.15) is 11.8 Å². The SMILES string of the molecule is CCC(CC)(CNCc1ccc(C#N)c(OC)c1)C(=O)O. The summed E-state index contributed by atoms with van der Waals surface area (Å²) in [6.07, 6.45) is 1.17. The van der Waals surface area contributed by atoms with Gasteiger partial charge < -0.3 is 15.2 Å². The smallest absolute Gasteiger partial charge is 0.310 e. The molecule has 0 aliphatic heterocycles. The Hall–Kier alpha value is -2.06. The van der Waals surface area contributed by atoms with E-state index in [0.29, 0.717) is 37.2 Å². The van der Waals surface area contributed by atoms with Crippen molar-refractivity contribution in [1.82, 2.24) is 5.32 Å². The van der Waals surface area contributed by atoms with Gasteiger partial charge in [-0.25, -0.2) is 0 Å². The number of carboxylic acids is 1. The van der Waals surface area contributed by atoms with E-state index in [1.165, 1.54) is 7.11 Å². The zero-order valence-electron chi connectivity index (χ0n) is 12.8. The Labute approximate surface area is 125 Å². The minimum atomic E-state index is -0.766. The molecule has 0 atom stereocenters. The Bertz CT molecular complexity index is 531. The molecule has 0 aliphatic rings. The van der Waals surface area contributed by atoms with Crippen molar-refractivity contribution >= 4 is 5.97 Å². The van der Waals surface area contributed by atoms with Gasteiger partial charge in [0.25, 0.3) is 0 Å². The zero-order valence-corrected chi connectivity index (χ0v) is 12.8. The molecule has 0 saturated heterocycles. The van der Waals surface area contributed by atoms with E-state index < -0.39 is 11.4 Å². The quantitative estimate of drug-likeness (QED) is 0.769. The van der Waals surface area contributed by atoms with Gasteiger partial charge >= 0.3 is 5.97 Å². The maximum atomic E-state index is 11.4. The third-order valence-electron chi connectivity index (χ3n) is 3.99. The van der Waals surface area contributed by atoms with Gasteiger partial charge in [0.05, 0.1) is 18.1 Å². The normalized spacial score (nSPS) is 11.0. The van der Waals surface area contributed by atoms with Gasteiger partial charge in [0.2, 0.25) is 0 Å². The molecule has 0 spiro atoms. The summed E-state index contributed by atoms with van der Waals surface area (Å²) in [5.41, 5.74) is 0.719. The fourth-order valence-electron chi connectivity index (χ4n) is 2.26. The van der Waals surface area contributed by atoms with Crippen LogP contribution >= 0.6 is 0 Å². The molecule has 2 N–H and O–H groups in total. The van der Waals surface area contributed by atoms with Crippen LogP contribution in [0.25, 0.3) is 0 Å². The summed E-state index contributed by atoms with van der Waals surface area (Å²) in [4.78, 5) is 11.4. The molecule has 0 amide bonds. The van der Waals surface area contributed by atoms with Crippen LogP contribution in [0, 0.1) is 16.7 Å². The zero-order chi connectivity index (χ0) is 15.9. The molecule has 0 unspecified atom stereocenters. The third-order valence-corrected chi connectivity index (χ3v) is 3.99. The number of hydrogen-bond acceptors (Lipinski definition) is 4. The number of nitrogens with one attached hydrogen (secondary N) is 1. The highest BCUT2D eigenvalue weighted by Gasteiger charge is 2.34. The second-order valence-electron chi connectivity index (χ2n) is 5.04. The van der Waals surface area contributed by atoms with Crippen molar-refractivity contribution in [2.24, 2.45) is 5.41 Å². The number of methoxy groups -OCH3 is 1. The van der Waals surface area contributed by atoms with Crippen LogP contribution in [0.4, 0.5) is 0 Å². The average Bonchev–Trinajstić information content (AvgIpc) is 2.51. The number of carbonyl (C=O) groups is 1. The molecule has 114 valence electrons. The average molecular weight is 290 g/mol. The van der Waals surface area contributed by atoms with E-state index >= 15 is 0 Å². The van der Waals surface area contributed by atoms with E-state index in [0.717, 1.165) is 5.56 Å². The maximum Gasteiger partial charge on any atom is 0.310 e. The van der Waals surface area contributed by atoms with E-state index in [9.17, 15) is 9.90 Å². The first-order chi connectivity index (χ1) is 10.0. The van der Waals surface area contributed by atoms with E-state index in [-0.39, 0.29) is 0 Å². The molecular weight excluding hydrogens is 268 g/mol. The van der Waals surface area contributed by atoms with Crippen molar-refractivity contribution < 1.29 is 14.6 Å². The third kappa shape index (κ3) is 3.96. The summed E-state index contributed by atoms with van der Waals surface area (Å²) in [6, 6.07) is 7.41. The number of hydrogen-bond donors (Lipinski definition) is 2. The van der Waals surface area contributed by atoms with Gasteiger partial charge in [0.15, 0.2) is 0 Å². The number of nitrogens with zero attached hydrogens (tertiary/aromatic N) is 1. The van der Waals surface area contributed by atoms with E-state index in [4.69, 9.17) is 10.00 Å². The second kappa shape index (κ2) is 7.65. The molecule has 1 aromatic carbocycles. The molecule has 0 radical (unpaired) electrons. The van der Waals surface area contributed by atoms with Crippen LogP contribution in [0.15, 0.2) is 18.2 Å². The standard InChI is InChI=1S/C16H22N2O3/c1-4-16(5-2,15(19)20)11-18-10-12-6-7-13(9-17)14(8-12)21-3/h6-8,18H,4-5,10-11H2,1-3H3,(H,19,20). The summed E-state index contributed by atoms with van der Waals surface area (Å²) in [5, 5.41) is 21.5. The summed E-state index contributed by atoms with van der Waals surface area (Å²) >= 11 is 0. The molecule has 5 heteroatoms. The molecular formula is C16H22N2O3. The minimum Gasteiger partial charge on any atom is -0.495 e. The van der Waals surface area contributed by atoms with Gasteiger partial charge in [-0.15, -0.1) is 0 Å². The Kier molecular flexibility index (Phi) is 6.19. The Morgan fingerprint density at radius 2 is 2.10 bits per heavy atom. The number of ether oxygens (including phenoxy) is 1. The lowest BCUT2D eigenvalue weighted by Crippen LogP contribution is -2.40. The van der Waals surface area contributed by atoms with Gasteiger partial charge in [-0.05, 0) is 30.5 Å². The number of nitriles is 1. The fourth-order valence-corrected chi connectivity index (χ4v) is 2.26. The van der Waals surface area contributed by atoms with Crippen molar-refractivity contribution in [2.45, 2.75) is 33.2 Å². The van der Waals surface area contributed by atoms with Gasteiger partial charge in [-0.1, -0.05) is 19.9 Å². The van der Waals surface area contributed by atoms with E-state index in [2.05, 4.69) is 11.4 Å². The van der Waals surface area contributed by atoms with Crippen LogP contribution < -0.4 is 10.1 Å². The van der Waals surface area contributed by atoms with Crippen LogP contribution in [-0.2, 0) is 11.3 Å². The largest absolute Gasteiger partial charge is 0.495 e. The molecule has 0 fully saturated rings. The van der Waals surface area contributed by atoms with Gasteiger partial charge in [0, 0.05) is 13.1 Å². The van der Waals surface area contributed by atoms with Crippen LogP contribution in [-0.4, -0.2) is 24.7 Å². The molecule has 21 heavy (non-hydrogen) atoms. The minimum absolute atomic E-state index is 0.414. The topological polar surface area (TPSA) is 82.3 Å². The highest BCUT2D eigenvalue weighted by molar-refractivity contribution is 5.74. The summed E-state index contributed by atoms with van der Waals surface area (Å²) in [5.74, 6) is -0.232. The molecule has 0 aromatic heterocycles. The lowest BCUT2D eigenvalue weighted by Gasteiger charge is -2.27. The highest BCUT2D eigenvalue weighted by atomic mass is 16.5. The summed E-state index contributed by atoms with van der Waals surface area (Å²) < 4.78 is 5.16. The van der Waals surface area contributed by atoms with E-state index in [1.54, 1.807) is 12.1 Å². The molecule has 0 bridgehead atoms. The predicted octanol–water partition coefficient (Wildman–Crippen LogP) is 2.55. The van der Waals surface area contributed by atoms with Crippen LogP contribution in [0.2, 0.25) is 0 Å². The Morgan fingerprint density at radius 3 is 2.57 bits per heavy atom.